The van der Waals surface area contributed by atoms with Crippen molar-refractivity contribution in [2.45, 2.75) is 46.1 Å². The van der Waals surface area contributed by atoms with Crippen LogP contribution in [0.2, 0.25) is 0 Å². The van der Waals surface area contributed by atoms with Crippen molar-refractivity contribution in [2.24, 2.45) is 0 Å². The number of hydrogen-bond donors (Lipinski definition) is 2. The summed E-state index contributed by atoms with van der Waals surface area (Å²) >= 11 is 0. The Bertz CT molecular complexity index is 450. The van der Waals surface area contributed by atoms with Crippen molar-refractivity contribution < 1.29 is 4.92 Å². The third-order valence-corrected chi connectivity index (χ3v) is 2.94. The molecule has 0 aliphatic carbocycles. The van der Waals surface area contributed by atoms with Gasteiger partial charge in [-0.2, -0.15) is 4.98 Å². The molecule has 0 radical (unpaired) electrons. The van der Waals surface area contributed by atoms with E-state index in [2.05, 4.69) is 27.5 Å². The van der Waals surface area contributed by atoms with Gasteiger partial charge in [0.05, 0.1) is 4.92 Å². The molecular weight excluding hydrogens is 246 g/mol. The van der Waals surface area contributed by atoms with Gasteiger partial charge in [-0.05, 0) is 19.8 Å². The maximum atomic E-state index is 11.1. The van der Waals surface area contributed by atoms with Crippen LogP contribution in [0.4, 0.5) is 17.5 Å². The first kappa shape index (κ1) is 15.1. The lowest BCUT2D eigenvalue weighted by Crippen LogP contribution is -2.20. The molecule has 0 spiro atoms. The van der Waals surface area contributed by atoms with Crippen molar-refractivity contribution in [1.82, 2.24) is 9.97 Å². The smallest absolute Gasteiger partial charge is 0.332 e. The first-order valence-electron chi connectivity index (χ1n) is 6.50. The molecular formula is C12H21N5O2. The van der Waals surface area contributed by atoms with Gasteiger partial charge >= 0.3 is 5.69 Å². The summed E-state index contributed by atoms with van der Waals surface area (Å²) in [6.45, 7) is 5.75. The van der Waals surface area contributed by atoms with E-state index >= 15 is 0 Å². The van der Waals surface area contributed by atoms with E-state index in [9.17, 15) is 10.1 Å². The highest BCUT2D eigenvalue weighted by molar-refractivity contribution is 5.61. The summed E-state index contributed by atoms with van der Waals surface area (Å²) in [4.78, 5) is 18.9. The number of nitrogens with zero attached hydrogens (tertiary/aromatic N) is 3. The van der Waals surface area contributed by atoms with Crippen LogP contribution in [0.1, 0.15) is 38.8 Å². The molecule has 1 aromatic rings. The van der Waals surface area contributed by atoms with Crippen LogP contribution in [0.3, 0.4) is 0 Å². The molecule has 0 aliphatic heterocycles. The highest BCUT2D eigenvalue weighted by Gasteiger charge is 2.23. The van der Waals surface area contributed by atoms with E-state index in [1.165, 1.54) is 0 Å². The Kier molecular flexibility index (Phi) is 5.47. The van der Waals surface area contributed by atoms with Gasteiger partial charge in [-0.25, -0.2) is 4.98 Å². The normalized spacial score (nSPS) is 12.0. The predicted octanol–water partition coefficient (Wildman–Crippen LogP) is 2.73. The fourth-order valence-electron chi connectivity index (χ4n) is 1.92. The van der Waals surface area contributed by atoms with Crippen LogP contribution in [0.15, 0.2) is 0 Å². The molecule has 7 heteroatoms. The van der Waals surface area contributed by atoms with Gasteiger partial charge in [0.15, 0.2) is 0 Å². The molecule has 0 amide bonds. The second kappa shape index (κ2) is 6.86. The van der Waals surface area contributed by atoms with Crippen LogP contribution in [-0.2, 0) is 0 Å². The average molecular weight is 267 g/mol. The fourth-order valence-corrected chi connectivity index (χ4v) is 1.92. The Morgan fingerprint density at radius 2 is 2.05 bits per heavy atom. The summed E-state index contributed by atoms with van der Waals surface area (Å²) in [6.07, 6.45) is 2.86. The minimum atomic E-state index is -0.435. The van der Waals surface area contributed by atoms with Gasteiger partial charge < -0.3 is 10.6 Å². The summed E-state index contributed by atoms with van der Waals surface area (Å²) in [5, 5.41) is 17.1. The third-order valence-electron chi connectivity index (χ3n) is 2.94. The Morgan fingerprint density at radius 1 is 1.37 bits per heavy atom. The van der Waals surface area contributed by atoms with Gasteiger partial charge in [-0.3, -0.25) is 10.1 Å². The van der Waals surface area contributed by atoms with Crippen molar-refractivity contribution in [2.75, 3.05) is 17.7 Å². The quantitative estimate of drug-likeness (QED) is 0.583. The van der Waals surface area contributed by atoms with Crippen LogP contribution >= 0.6 is 0 Å². The molecule has 2 N–H and O–H groups in total. The molecule has 0 saturated heterocycles. The first-order valence-corrected chi connectivity index (χ1v) is 6.50. The Balaban J connectivity index is 3.15. The topological polar surface area (TPSA) is 93.0 Å². The molecule has 1 rings (SSSR count). The Morgan fingerprint density at radius 3 is 2.53 bits per heavy atom. The minimum absolute atomic E-state index is 0.0476. The maximum Gasteiger partial charge on any atom is 0.332 e. The van der Waals surface area contributed by atoms with Crippen LogP contribution in [0.5, 0.6) is 0 Å². The molecule has 1 heterocycles. The fraction of sp³-hybridized carbons (Fsp3) is 0.667. The van der Waals surface area contributed by atoms with Crippen molar-refractivity contribution in [3.63, 3.8) is 0 Å². The number of rotatable bonds is 7. The average Bonchev–Trinajstić information content (AvgIpc) is 2.36. The Hall–Kier alpha value is -1.92. The van der Waals surface area contributed by atoms with E-state index in [-0.39, 0.29) is 11.7 Å². The van der Waals surface area contributed by atoms with E-state index in [1.807, 2.05) is 6.92 Å². The van der Waals surface area contributed by atoms with Gasteiger partial charge in [0, 0.05) is 13.1 Å². The van der Waals surface area contributed by atoms with E-state index in [4.69, 9.17) is 0 Å². The number of aryl methyl sites for hydroxylation is 1. The molecule has 0 aliphatic rings. The molecule has 0 saturated carbocycles. The monoisotopic (exact) mass is 267 g/mol. The van der Waals surface area contributed by atoms with Crippen LogP contribution in [0.25, 0.3) is 0 Å². The van der Waals surface area contributed by atoms with Gasteiger partial charge in [-0.15, -0.1) is 0 Å². The number of hydrogen-bond acceptors (Lipinski definition) is 6. The summed E-state index contributed by atoms with van der Waals surface area (Å²) in [7, 11) is 1.69. The lowest BCUT2D eigenvalue weighted by molar-refractivity contribution is -0.385. The molecule has 1 aromatic heterocycles. The lowest BCUT2D eigenvalue weighted by atomic mass is 10.1. The first-order chi connectivity index (χ1) is 9.03. The second-order valence-corrected chi connectivity index (χ2v) is 4.38. The van der Waals surface area contributed by atoms with Gasteiger partial charge in [0.2, 0.25) is 11.8 Å². The van der Waals surface area contributed by atoms with Crippen LogP contribution < -0.4 is 10.6 Å². The number of nitro groups is 1. The molecule has 106 valence electrons. The third kappa shape index (κ3) is 3.77. The molecule has 7 nitrogen and oxygen atoms in total. The van der Waals surface area contributed by atoms with Gasteiger partial charge in [0.25, 0.3) is 0 Å². The van der Waals surface area contributed by atoms with E-state index in [0.717, 1.165) is 19.3 Å². The van der Waals surface area contributed by atoms with E-state index in [0.29, 0.717) is 17.5 Å². The molecule has 0 aromatic carbocycles. The maximum absolute atomic E-state index is 11.1. The van der Waals surface area contributed by atoms with Crippen molar-refractivity contribution in [3.8, 4) is 0 Å². The number of anilines is 2. The van der Waals surface area contributed by atoms with Crippen LogP contribution in [-0.4, -0.2) is 28.0 Å². The largest absolute Gasteiger partial charge is 0.361 e. The SMILES string of the molecule is CCCC(CC)Nc1nc(NC)nc(C)c1[N+](=O)[O-]. The molecule has 0 fully saturated rings. The van der Waals surface area contributed by atoms with Crippen LogP contribution in [0, 0.1) is 17.0 Å². The summed E-state index contributed by atoms with van der Waals surface area (Å²) < 4.78 is 0. The predicted molar refractivity (Wildman–Crippen MR) is 75.6 cm³/mol. The number of nitrogens with one attached hydrogen (secondary N) is 2. The second-order valence-electron chi connectivity index (χ2n) is 4.38. The van der Waals surface area contributed by atoms with E-state index < -0.39 is 4.92 Å². The Labute approximate surface area is 113 Å². The van der Waals surface area contributed by atoms with E-state index in [1.54, 1.807) is 14.0 Å². The summed E-state index contributed by atoms with van der Waals surface area (Å²) in [6, 6.07) is 0.183. The highest BCUT2D eigenvalue weighted by atomic mass is 16.6. The minimum Gasteiger partial charge on any atom is -0.361 e. The molecule has 0 bridgehead atoms. The van der Waals surface area contributed by atoms with Crippen molar-refractivity contribution >= 4 is 17.5 Å². The standard InChI is InChI=1S/C12H21N5O2/c1-5-7-9(6-2)15-11-10(17(18)19)8(3)14-12(13-4)16-11/h9H,5-7H2,1-4H3,(H2,13,14,15,16). The zero-order valence-electron chi connectivity index (χ0n) is 11.9. The zero-order valence-corrected chi connectivity index (χ0v) is 11.9. The summed E-state index contributed by atoms with van der Waals surface area (Å²) in [5.41, 5.74) is 0.312. The highest BCUT2D eigenvalue weighted by Crippen LogP contribution is 2.27. The zero-order chi connectivity index (χ0) is 14.4. The molecule has 19 heavy (non-hydrogen) atoms. The van der Waals surface area contributed by atoms with Crippen molar-refractivity contribution in [1.29, 1.82) is 0 Å². The lowest BCUT2D eigenvalue weighted by Gasteiger charge is -2.17. The number of aromatic nitrogens is 2. The van der Waals surface area contributed by atoms with Gasteiger partial charge in [0.1, 0.15) is 5.69 Å². The molecule has 1 atom stereocenters. The molecule has 1 unspecified atom stereocenters. The van der Waals surface area contributed by atoms with Gasteiger partial charge in [-0.1, -0.05) is 20.3 Å². The summed E-state index contributed by atoms with van der Waals surface area (Å²) in [5.74, 6) is 0.680. The van der Waals surface area contributed by atoms with Crippen molar-refractivity contribution in [3.05, 3.63) is 15.8 Å².